The van der Waals surface area contributed by atoms with Gasteiger partial charge in [0.05, 0.1) is 0 Å². The van der Waals surface area contributed by atoms with Crippen LogP contribution in [0.1, 0.15) is 261 Å². The fraction of sp³-hybridized carbons (Fsp3) is 0.550. The van der Waals surface area contributed by atoms with E-state index in [1.807, 2.05) is 24.3 Å². The number of hydrogen-bond donors (Lipinski definition) is 0. The Morgan fingerprint density at radius 3 is 1.15 bits per heavy atom. The van der Waals surface area contributed by atoms with Crippen LogP contribution in [-0.4, -0.2) is 0 Å². The Hall–Kier alpha value is -4.57. The van der Waals surface area contributed by atoms with Crippen LogP contribution in [0.15, 0.2) is 121 Å². The second-order valence-electron chi connectivity index (χ2n) is 27.8. The van der Waals surface area contributed by atoms with Crippen molar-refractivity contribution in [3.8, 4) is 31.3 Å². The molecule has 7 aromatic rings. The van der Waals surface area contributed by atoms with Gasteiger partial charge in [-0.25, -0.2) is 4.39 Å². The largest absolute Gasteiger partial charge is 0.425 e. The second kappa shape index (κ2) is 35.5. The zero-order chi connectivity index (χ0) is 67.7. The first-order chi connectivity index (χ1) is 45.6. The van der Waals surface area contributed by atoms with E-state index >= 15 is 0 Å². The lowest BCUT2D eigenvalue weighted by molar-refractivity contribution is -0.135. The van der Waals surface area contributed by atoms with Crippen LogP contribution in [0.5, 0.6) is 0 Å². The Bertz CT molecular complexity index is 3400. The molecule has 0 nitrogen and oxygen atoms in total. The summed E-state index contributed by atoms with van der Waals surface area (Å²) in [6, 6.07) is 33.4. The molecule has 3 aromatic carbocycles. The van der Waals surface area contributed by atoms with E-state index in [0.717, 1.165) is 134 Å². The highest BCUT2D eigenvalue weighted by atomic mass is 32.1. The number of halogens is 11. The third-order valence-electron chi connectivity index (χ3n) is 21.2. The fourth-order valence-corrected chi connectivity index (χ4v) is 19.2. The van der Waals surface area contributed by atoms with Crippen LogP contribution in [0.3, 0.4) is 0 Å². The number of allylic oxidation sites excluding steroid dienone is 2. The van der Waals surface area contributed by atoms with E-state index in [1.165, 1.54) is 194 Å². The van der Waals surface area contributed by atoms with Crippen LogP contribution < -0.4 is 0 Å². The fourth-order valence-electron chi connectivity index (χ4n) is 15.8. The molecule has 4 aromatic heterocycles. The topological polar surface area (TPSA) is 0 Å². The highest BCUT2D eigenvalue weighted by Crippen LogP contribution is 2.47. The summed E-state index contributed by atoms with van der Waals surface area (Å²) in [5.41, 5.74) is 7.17. The van der Waals surface area contributed by atoms with Crippen molar-refractivity contribution in [2.75, 3.05) is 0 Å². The van der Waals surface area contributed by atoms with Gasteiger partial charge < -0.3 is 0 Å². The molecule has 0 aliphatic heterocycles. The highest BCUT2D eigenvalue weighted by molar-refractivity contribution is 7.16. The molecule has 0 amide bonds. The lowest BCUT2D eigenvalue weighted by Gasteiger charge is -2.35. The summed E-state index contributed by atoms with van der Waals surface area (Å²) in [5.74, 6) is 6.44. The Morgan fingerprint density at radius 2 is 0.747 bits per heavy atom. The van der Waals surface area contributed by atoms with Crippen LogP contribution in [0.4, 0.5) is 48.3 Å². The first-order valence-electron chi connectivity index (χ1n) is 35.5. The number of benzene rings is 3. The van der Waals surface area contributed by atoms with Gasteiger partial charge in [0.2, 0.25) is 0 Å². The third kappa shape index (κ3) is 21.7. The monoisotopic (exact) mass is 1390 g/mol. The number of rotatable bonds is 17. The summed E-state index contributed by atoms with van der Waals surface area (Å²) >= 11 is 3.52. The van der Waals surface area contributed by atoms with E-state index in [1.54, 1.807) is 24.3 Å². The van der Waals surface area contributed by atoms with Gasteiger partial charge in [0.25, 0.3) is 0 Å². The zero-order valence-corrected chi connectivity index (χ0v) is 59.1. The van der Waals surface area contributed by atoms with Gasteiger partial charge in [-0.05, 0) is 250 Å². The van der Waals surface area contributed by atoms with Gasteiger partial charge >= 0.3 is 18.5 Å². The molecule has 1 unspecified atom stereocenters. The highest BCUT2D eigenvalue weighted by Gasteiger charge is 2.36. The van der Waals surface area contributed by atoms with E-state index in [0.29, 0.717) is 32.9 Å². The van der Waals surface area contributed by atoms with Gasteiger partial charge in [-0.3, -0.25) is 0 Å². The van der Waals surface area contributed by atoms with E-state index in [2.05, 4.69) is 70.2 Å². The molecule has 0 saturated heterocycles. The lowest BCUT2D eigenvalue weighted by Crippen LogP contribution is -2.23. The van der Waals surface area contributed by atoms with Gasteiger partial charge in [0.15, 0.2) is 5.13 Å². The maximum Gasteiger partial charge on any atom is 0.425 e. The molecule has 5 aliphatic carbocycles. The molecule has 4 fully saturated rings. The van der Waals surface area contributed by atoms with E-state index in [-0.39, 0.29) is 10.7 Å². The number of hydrogen-bond acceptors (Lipinski definition) is 4. The average Bonchev–Trinajstić information content (AvgIpc) is 1.82. The van der Waals surface area contributed by atoms with Crippen LogP contribution in [-0.2, 0) is 18.5 Å². The van der Waals surface area contributed by atoms with Crippen molar-refractivity contribution in [2.24, 2.45) is 35.5 Å². The van der Waals surface area contributed by atoms with E-state index in [4.69, 9.17) is 0 Å². The first-order valence-corrected chi connectivity index (χ1v) is 38.8. The number of thiophene rings is 4. The second-order valence-corrected chi connectivity index (χ2v) is 32.1. The van der Waals surface area contributed by atoms with Crippen LogP contribution in [0, 0.1) is 46.5 Å². The zero-order valence-electron chi connectivity index (χ0n) is 55.8. The Balaban J connectivity index is 0.000000149. The van der Waals surface area contributed by atoms with Crippen molar-refractivity contribution in [1.29, 1.82) is 0 Å². The SMILES string of the molecule is CCCC1CCC(c2ccc(-c3ccc(C(F)(F)F)s3)c(F)c2)CC1.CCCC1CCC(c2ccc(-c3ccc(C(F)(F)F)s3)cc2)CC1.CCCC1CCC(c2ccc(-c3ccc(F)s3)cc2)CC1.CCCCC1CCC(C2CC=C(c3ccc(C(F)(F)F)s3)CC2)CC1. The summed E-state index contributed by atoms with van der Waals surface area (Å²) in [4.78, 5) is 1.13. The summed E-state index contributed by atoms with van der Waals surface area (Å²) in [6.07, 6.45) is 24.9. The Kier molecular flexibility index (Phi) is 27.9. The standard InChI is InChI=1S/C21H29F3S.C20H22F4S.C20H23F3S.C19H23FS/c1-2-3-4-15-5-7-16(8-6-15)17-9-11-18(12-10-17)19-13-14-20(25-19)21(22,23)24;1-2-3-13-4-6-14(7-5-13)15-8-9-16(17(21)12-15)18-10-11-19(25-18)20(22,23)24;1-2-3-14-4-6-15(7-5-14)16-8-10-17(11-9-16)18-12-13-19(24-18)20(21,22)23;1-2-3-14-4-6-15(7-5-14)16-8-10-17(11-9-16)18-12-13-19(20)21-18/h11,13-17H,2-10,12H2,1H3;8-14H,2-7H2,1H3;8-15H,2-7H2,1H3;8-15H,2-7H2,1H3. The van der Waals surface area contributed by atoms with Crippen LogP contribution in [0.25, 0.3) is 36.9 Å². The summed E-state index contributed by atoms with van der Waals surface area (Å²) in [7, 11) is 0. The third-order valence-corrected chi connectivity index (χ3v) is 25.7. The molecule has 0 spiro atoms. The van der Waals surface area contributed by atoms with Crippen molar-refractivity contribution in [1.82, 2.24) is 0 Å². The minimum Gasteiger partial charge on any atom is -0.206 e. The average molecular weight is 1400 g/mol. The maximum absolute atomic E-state index is 14.5. The van der Waals surface area contributed by atoms with Crippen molar-refractivity contribution in [2.45, 2.75) is 244 Å². The molecule has 1 atom stereocenters. The maximum atomic E-state index is 14.5. The molecule has 518 valence electrons. The van der Waals surface area contributed by atoms with Gasteiger partial charge in [-0.15, -0.1) is 45.3 Å². The van der Waals surface area contributed by atoms with E-state index < -0.39 is 39.0 Å². The molecule has 4 saturated carbocycles. The summed E-state index contributed by atoms with van der Waals surface area (Å²) < 4.78 is 142. The first kappa shape index (κ1) is 74.6. The summed E-state index contributed by atoms with van der Waals surface area (Å²) in [5, 5.41) is -0.108. The van der Waals surface area contributed by atoms with Crippen LogP contribution >= 0.6 is 45.3 Å². The Morgan fingerprint density at radius 1 is 0.358 bits per heavy atom. The molecule has 5 aliphatic rings. The quantitative estimate of drug-likeness (QED) is 0.0797. The van der Waals surface area contributed by atoms with Gasteiger partial charge in [0.1, 0.15) is 20.4 Å². The van der Waals surface area contributed by atoms with Crippen molar-refractivity contribution >= 4 is 50.9 Å². The molecule has 0 N–H and O–H groups in total. The normalized spacial score (nSPS) is 23.5. The molecule has 12 rings (SSSR count). The summed E-state index contributed by atoms with van der Waals surface area (Å²) in [6.45, 7) is 9.01. The van der Waals surface area contributed by atoms with Crippen molar-refractivity contribution in [3.05, 3.63) is 168 Å². The van der Waals surface area contributed by atoms with Crippen molar-refractivity contribution in [3.63, 3.8) is 0 Å². The smallest absolute Gasteiger partial charge is 0.206 e. The molecule has 15 heteroatoms. The molecule has 0 radical (unpaired) electrons. The molecule has 95 heavy (non-hydrogen) atoms. The van der Waals surface area contributed by atoms with E-state index in [9.17, 15) is 48.3 Å². The minimum absolute atomic E-state index is 0.108. The van der Waals surface area contributed by atoms with Crippen LogP contribution in [0.2, 0.25) is 0 Å². The minimum atomic E-state index is -4.38. The van der Waals surface area contributed by atoms with Gasteiger partial charge in [-0.2, -0.15) is 43.9 Å². The predicted octanol–water partition coefficient (Wildman–Crippen LogP) is 29.7. The number of alkyl halides is 9. The molecule has 4 heterocycles. The number of unbranched alkanes of at least 4 members (excludes halogenated alkanes) is 1. The molecule has 0 bridgehead atoms. The van der Waals surface area contributed by atoms with Gasteiger partial charge in [0, 0.05) is 25.1 Å². The molecular weight excluding hydrogens is 1300 g/mol. The molecular formula is C80H97F11S4. The Labute approximate surface area is 574 Å². The van der Waals surface area contributed by atoms with Gasteiger partial charge in [-0.1, -0.05) is 165 Å². The predicted molar refractivity (Wildman–Crippen MR) is 378 cm³/mol. The van der Waals surface area contributed by atoms with Crippen molar-refractivity contribution < 1.29 is 48.3 Å². The lowest BCUT2D eigenvalue weighted by atomic mass is 9.70.